The van der Waals surface area contributed by atoms with Gasteiger partial charge in [0.05, 0.1) is 6.10 Å². The van der Waals surface area contributed by atoms with E-state index in [-0.39, 0.29) is 23.5 Å². The lowest BCUT2D eigenvalue weighted by Crippen LogP contribution is -2.39. The lowest BCUT2D eigenvalue weighted by molar-refractivity contribution is -0.0213. The fourth-order valence-electron chi connectivity index (χ4n) is 3.31. The minimum absolute atomic E-state index is 0.0214. The quantitative estimate of drug-likeness (QED) is 0.620. The molecule has 4 atom stereocenters. The van der Waals surface area contributed by atoms with Crippen molar-refractivity contribution in [1.29, 1.82) is 0 Å². The Morgan fingerprint density at radius 3 is 2.33 bits per heavy atom. The molecule has 0 aromatic carbocycles. The summed E-state index contributed by atoms with van der Waals surface area (Å²) in [6.45, 7) is 4.48. The first-order valence-electron chi connectivity index (χ1n) is 4.83. The summed E-state index contributed by atoms with van der Waals surface area (Å²) in [7, 11) is 0. The van der Waals surface area contributed by atoms with Crippen LogP contribution in [0.3, 0.4) is 0 Å². The lowest BCUT2D eigenvalue weighted by atomic mass is 9.69. The molecule has 1 unspecified atom stereocenters. The molecule has 2 bridgehead atoms. The van der Waals surface area contributed by atoms with Crippen LogP contribution in [0.25, 0.3) is 0 Å². The summed E-state index contributed by atoms with van der Waals surface area (Å²) in [5.41, 5.74) is -0.0428. The van der Waals surface area contributed by atoms with Crippen molar-refractivity contribution in [3.8, 4) is 0 Å². The van der Waals surface area contributed by atoms with Crippen LogP contribution in [-0.4, -0.2) is 22.9 Å². The number of hydrogen-bond acceptors (Lipinski definition) is 2. The average Bonchev–Trinajstić information content (AvgIpc) is 2.39. The summed E-state index contributed by atoms with van der Waals surface area (Å²) in [5.74, 6) is 0.544. The molecular formula is C10H18O2. The van der Waals surface area contributed by atoms with E-state index in [1.54, 1.807) is 0 Å². The summed E-state index contributed by atoms with van der Waals surface area (Å²) >= 11 is 0. The first kappa shape index (κ1) is 8.52. The summed E-state index contributed by atoms with van der Waals surface area (Å²) < 4.78 is 0. The fourth-order valence-corrected chi connectivity index (χ4v) is 3.31. The highest BCUT2D eigenvalue weighted by Crippen LogP contribution is 2.65. The molecule has 2 nitrogen and oxygen atoms in total. The van der Waals surface area contributed by atoms with Crippen LogP contribution in [0.5, 0.6) is 0 Å². The van der Waals surface area contributed by atoms with Crippen LogP contribution in [0.2, 0.25) is 0 Å². The highest BCUT2D eigenvalue weighted by Gasteiger charge is 2.63. The van der Waals surface area contributed by atoms with Crippen molar-refractivity contribution >= 4 is 0 Å². The molecule has 0 aromatic rings. The molecule has 2 rings (SSSR count). The van der Waals surface area contributed by atoms with Crippen molar-refractivity contribution in [2.24, 2.45) is 16.7 Å². The van der Waals surface area contributed by atoms with E-state index in [1.807, 2.05) is 0 Å². The van der Waals surface area contributed by atoms with E-state index in [1.165, 1.54) is 6.42 Å². The number of aliphatic hydroxyl groups is 2. The van der Waals surface area contributed by atoms with Gasteiger partial charge in [0.15, 0.2) is 0 Å². The Hall–Kier alpha value is -0.0800. The van der Waals surface area contributed by atoms with E-state index >= 15 is 0 Å². The van der Waals surface area contributed by atoms with Crippen molar-refractivity contribution in [2.45, 2.75) is 39.2 Å². The van der Waals surface area contributed by atoms with Gasteiger partial charge in [-0.2, -0.15) is 0 Å². The molecule has 2 N–H and O–H groups in total. The Morgan fingerprint density at radius 1 is 1.42 bits per heavy atom. The van der Waals surface area contributed by atoms with Gasteiger partial charge in [-0.1, -0.05) is 13.8 Å². The van der Waals surface area contributed by atoms with E-state index in [0.29, 0.717) is 5.92 Å². The third-order valence-electron chi connectivity index (χ3n) is 4.79. The highest BCUT2D eigenvalue weighted by molar-refractivity contribution is 5.12. The molecule has 2 fully saturated rings. The SMILES string of the molecule is CC1(CO)[C@@H]2CC[C@@]1(C)[C@H](O)C2. The Bertz CT molecular complexity index is 202. The molecule has 0 amide bonds. The van der Waals surface area contributed by atoms with Gasteiger partial charge >= 0.3 is 0 Å². The molecule has 0 aromatic heterocycles. The first-order valence-corrected chi connectivity index (χ1v) is 4.83. The molecule has 0 heterocycles. The Labute approximate surface area is 73.6 Å². The second-order valence-electron chi connectivity index (χ2n) is 4.98. The van der Waals surface area contributed by atoms with Crippen LogP contribution >= 0.6 is 0 Å². The molecule has 12 heavy (non-hydrogen) atoms. The highest BCUT2D eigenvalue weighted by atomic mass is 16.3. The molecule has 0 spiro atoms. The smallest absolute Gasteiger partial charge is 0.0602 e. The number of aliphatic hydroxyl groups excluding tert-OH is 2. The maximum absolute atomic E-state index is 9.83. The molecule has 0 saturated heterocycles. The predicted molar refractivity (Wildman–Crippen MR) is 46.6 cm³/mol. The second kappa shape index (κ2) is 2.24. The van der Waals surface area contributed by atoms with Crippen LogP contribution in [0.15, 0.2) is 0 Å². The zero-order valence-electron chi connectivity index (χ0n) is 7.88. The Kier molecular flexibility index (Phi) is 1.59. The van der Waals surface area contributed by atoms with Crippen molar-refractivity contribution in [1.82, 2.24) is 0 Å². The fraction of sp³-hybridized carbons (Fsp3) is 1.00. The lowest BCUT2D eigenvalue weighted by Gasteiger charge is -2.38. The third-order valence-corrected chi connectivity index (χ3v) is 4.79. The second-order valence-corrected chi connectivity index (χ2v) is 4.98. The largest absolute Gasteiger partial charge is 0.396 e. The summed E-state index contributed by atoms with van der Waals surface area (Å²) in [4.78, 5) is 0. The number of rotatable bonds is 1. The van der Waals surface area contributed by atoms with Crippen molar-refractivity contribution in [2.75, 3.05) is 6.61 Å². The van der Waals surface area contributed by atoms with Crippen LogP contribution < -0.4 is 0 Å². The Balaban J connectivity index is 2.38. The minimum Gasteiger partial charge on any atom is -0.396 e. The van der Waals surface area contributed by atoms with Gasteiger partial charge in [0, 0.05) is 17.4 Å². The standard InChI is InChI=1S/C10H18O2/c1-9-4-3-7(5-8(9)12)10(9,2)6-11/h7-8,11-12H,3-6H2,1-2H3/t7-,8-,9+,10?/m1/s1. The molecule has 2 aliphatic rings. The molecule has 2 heteroatoms. The van der Waals surface area contributed by atoms with Gasteiger partial charge < -0.3 is 10.2 Å². The molecule has 70 valence electrons. The van der Waals surface area contributed by atoms with Gasteiger partial charge in [-0.3, -0.25) is 0 Å². The molecule has 0 aliphatic heterocycles. The molecule has 2 aliphatic carbocycles. The van der Waals surface area contributed by atoms with E-state index in [4.69, 9.17) is 0 Å². The van der Waals surface area contributed by atoms with Crippen LogP contribution in [0.4, 0.5) is 0 Å². The monoisotopic (exact) mass is 170 g/mol. The predicted octanol–water partition coefficient (Wildman–Crippen LogP) is 1.17. The maximum atomic E-state index is 9.83. The van der Waals surface area contributed by atoms with E-state index < -0.39 is 0 Å². The van der Waals surface area contributed by atoms with Gasteiger partial charge in [0.2, 0.25) is 0 Å². The van der Waals surface area contributed by atoms with Gasteiger partial charge in [-0.25, -0.2) is 0 Å². The number of hydrogen-bond donors (Lipinski definition) is 2. The zero-order valence-corrected chi connectivity index (χ0v) is 7.88. The van der Waals surface area contributed by atoms with Gasteiger partial charge in [0.25, 0.3) is 0 Å². The van der Waals surface area contributed by atoms with Crippen molar-refractivity contribution in [3.05, 3.63) is 0 Å². The van der Waals surface area contributed by atoms with E-state index in [9.17, 15) is 10.2 Å². The van der Waals surface area contributed by atoms with Crippen LogP contribution in [0.1, 0.15) is 33.1 Å². The topological polar surface area (TPSA) is 40.5 Å². The molecular weight excluding hydrogens is 152 g/mol. The van der Waals surface area contributed by atoms with Crippen LogP contribution in [-0.2, 0) is 0 Å². The summed E-state index contributed by atoms with van der Waals surface area (Å²) in [5, 5.41) is 19.2. The molecule has 2 saturated carbocycles. The van der Waals surface area contributed by atoms with Gasteiger partial charge in [0.1, 0.15) is 0 Å². The van der Waals surface area contributed by atoms with Gasteiger partial charge in [-0.05, 0) is 25.2 Å². The maximum Gasteiger partial charge on any atom is 0.0602 e. The van der Waals surface area contributed by atoms with Crippen molar-refractivity contribution < 1.29 is 10.2 Å². The van der Waals surface area contributed by atoms with Crippen LogP contribution in [0, 0.1) is 16.7 Å². The first-order chi connectivity index (χ1) is 5.54. The van der Waals surface area contributed by atoms with Gasteiger partial charge in [-0.15, -0.1) is 0 Å². The van der Waals surface area contributed by atoms with E-state index in [2.05, 4.69) is 13.8 Å². The third kappa shape index (κ3) is 0.686. The molecule has 0 radical (unpaired) electrons. The zero-order chi connectivity index (χ0) is 8.98. The average molecular weight is 170 g/mol. The van der Waals surface area contributed by atoms with Crippen molar-refractivity contribution in [3.63, 3.8) is 0 Å². The summed E-state index contributed by atoms with van der Waals surface area (Å²) in [6.07, 6.45) is 2.97. The summed E-state index contributed by atoms with van der Waals surface area (Å²) in [6, 6.07) is 0. The van der Waals surface area contributed by atoms with E-state index in [0.717, 1.165) is 12.8 Å². The minimum atomic E-state index is -0.187. The number of fused-ring (bicyclic) bond motifs is 2. The normalized spacial score (nSPS) is 58.0. The Morgan fingerprint density at radius 2 is 2.08 bits per heavy atom.